The summed E-state index contributed by atoms with van der Waals surface area (Å²) in [5, 5.41) is 2.54. The normalized spacial score (nSPS) is 21.5. The fourth-order valence-electron chi connectivity index (χ4n) is 4.41. The molecule has 0 bridgehead atoms. The SMILES string of the molecule is Cc1ccc(NC(=O)COC(=O)[C@H]2CS[C@@]3(c4ccc(F)cc4)CCC(=O)N23)cc1S(=O)(=O)N(C)C. The standard InChI is InChI=1S/C24H26FN3O6S2/c1-15-4-9-18(12-20(15)36(32,33)27(2)3)26-21(29)13-34-23(31)19-14-35-24(11-10-22(30)28(19)24)16-5-7-17(25)8-6-16/h4-9,12,19H,10-11,13-14H2,1-3H3,(H,26,29)/t19-,24-/m1/s1. The number of thioether (sulfide) groups is 1. The van der Waals surface area contributed by atoms with Crippen molar-refractivity contribution in [3.05, 3.63) is 59.4 Å². The predicted molar refractivity (Wildman–Crippen MR) is 132 cm³/mol. The van der Waals surface area contributed by atoms with E-state index in [0.29, 0.717) is 12.0 Å². The number of nitrogens with zero attached hydrogens (tertiary/aromatic N) is 2. The molecule has 2 amide bonds. The smallest absolute Gasteiger partial charge is 0.330 e. The van der Waals surface area contributed by atoms with Crippen molar-refractivity contribution < 1.29 is 31.9 Å². The van der Waals surface area contributed by atoms with E-state index in [1.165, 1.54) is 49.0 Å². The van der Waals surface area contributed by atoms with Gasteiger partial charge in [0.25, 0.3) is 5.91 Å². The number of hydrogen-bond acceptors (Lipinski definition) is 7. The van der Waals surface area contributed by atoms with Crippen LogP contribution in [-0.4, -0.2) is 67.9 Å². The van der Waals surface area contributed by atoms with Crippen molar-refractivity contribution >= 4 is 45.3 Å². The quantitative estimate of drug-likeness (QED) is 0.542. The predicted octanol–water partition coefficient (Wildman–Crippen LogP) is 2.46. The minimum Gasteiger partial charge on any atom is -0.454 e. The van der Waals surface area contributed by atoms with E-state index in [2.05, 4.69) is 5.32 Å². The van der Waals surface area contributed by atoms with Crippen LogP contribution in [0.4, 0.5) is 10.1 Å². The number of esters is 1. The second-order valence-electron chi connectivity index (χ2n) is 8.81. The number of nitrogens with one attached hydrogen (secondary N) is 1. The zero-order valence-electron chi connectivity index (χ0n) is 20.0. The first-order chi connectivity index (χ1) is 17.0. The molecular weight excluding hydrogens is 509 g/mol. The number of anilines is 1. The topological polar surface area (TPSA) is 113 Å². The average Bonchev–Trinajstić information content (AvgIpc) is 3.38. The number of carbonyl (C=O) groups is 3. The number of hydrogen-bond donors (Lipinski definition) is 1. The summed E-state index contributed by atoms with van der Waals surface area (Å²) < 4.78 is 44.8. The lowest BCUT2D eigenvalue weighted by atomic mass is 10.0. The van der Waals surface area contributed by atoms with E-state index >= 15 is 0 Å². The Balaban J connectivity index is 1.42. The van der Waals surface area contributed by atoms with Gasteiger partial charge in [0, 0.05) is 32.0 Å². The van der Waals surface area contributed by atoms with Crippen LogP contribution < -0.4 is 5.32 Å². The first-order valence-corrected chi connectivity index (χ1v) is 13.6. The monoisotopic (exact) mass is 535 g/mol. The van der Waals surface area contributed by atoms with E-state index in [-0.39, 0.29) is 28.7 Å². The highest BCUT2D eigenvalue weighted by Gasteiger charge is 2.57. The van der Waals surface area contributed by atoms with Crippen LogP contribution in [0.2, 0.25) is 0 Å². The number of amides is 2. The lowest BCUT2D eigenvalue weighted by Gasteiger charge is -2.33. The molecule has 9 nitrogen and oxygen atoms in total. The minimum atomic E-state index is -3.71. The van der Waals surface area contributed by atoms with Gasteiger partial charge in [0.2, 0.25) is 15.9 Å². The molecule has 0 aromatic heterocycles. The van der Waals surface area contributed by atoms with E-state index in [0.717, 1.165) is 9.87 Å². The zero-order valence-corrected chi connectivity index (χ0v) is 21.6. The summed E-state index contributed by atoms with van der Waals surface area (Å²) in [4.78, 5) is 38.8. The number of aryl methyl sites for hydroxylation is 1. The molecule has 12 heteroatoms. The molecule has 2 aromatic carbocycles. The molecule has 2 heterocycles. The number of halogens is 1. The van der Waals surface area contributed by atoms with Gasteiger partial charge < -0.3 is 15.0 Å². The molecule has 1 N–H and O–H groups in total. The van der Waals surface area contributed by atoms with Crippen LogP contribution in [-0.2, 0) is 34.0 Å². The van der Waals surface area contributed by atoms with Crippen LogP contribution in [0.25, 0.3) is 0 Å². The van der Waals surface area contributed by atoms with E-state index in [1.807, 2.05) is 0 Å². The van der Waals surface area contributed by atoms with Gasteiger partial charge in [-0.3, -0.25) is 9.59 Å². The summed E-state index contributed by atoms with van der Waals surface area (Å²) in [6, 6.07) is 9.46. The Bertz CT molecular complexity index is 1320. The number of ether oxygens (including phenoxy) is 1. The Labute approximate surface area is 213 Å². The molecule has 0 unspecified atom stereocenters. The summed E-state index contributed by atoms with van der Waals surface area (Å²) in [5.74, 6) is -1.67. The van der Waals surface area contributed by atoms with Gasteiger partial charge in [-0.05, 0) is 48.7 Å². The van der Waals surface area contributed by atoms with Crippen LogP contribution in [0.15, 0.2) is 47.4 Å². The molecule has 2 fully saturated rings. The van der Waals surface area contributed by atoms with E-state index in [9.17, 15) is 27.2 Å². The van der Waals surface area contributed by atoms with Crippen LogP contribution in [0.1, 0.15) is 24.0 Å². The molecule has 2 aliphatic heterocycles. The maximum Gasteiger partial charge on any atom is 0.330 e. The van der Waals surface area contributed by atoms with Gasteiger partial charge in [0.15, 0.2) is 6.61 Å². The Kier molecular flexibility index (Phi) is 7.13. The molecule has 0 radical (unpaired) electrons. The van der Waals surface area contributed by atoms with Crippen molar-refractivity contribution in [1.29, 1.82) is 0 Å². The molecule has 36 heavy (non-hydrogen) atoms. The fraction of sp³-hybridized carbons (Fsp3) is 0.375. The third-order valence-electron chi connectivity index (χ3n) is 6.27. The zero-order chi connectivity index (χ0) is 26.3. The molecule has 4 rings (SSSR count). The highest BCUT2D eigenvalue weighted by molar-refractivity contribution is 8.00. The van der Waals surface area contributed by atoms with Crippen molar-refractivity contribution in [2.75, 3.05) is 31.8 Å². The molecule has 2 aliphatic rings. The van der Waals surface area contributed by atoms with E-state index in [4.69, 9.17) is 4.74 Å². The summed E-state index contributed by atoms with van der Waals surface area (Å²) in [5.41, 5.74) is 1.49. The molecule has 2 aromatic rings. The maximum absolute atomic E-state index is 13.4. The van der Waals surface area contributed by atoms with Crippen LogP contribution in [0.5, 0.6) is 0 Å². The second kappa shape index (κ2) is 9.83. The van der Waals surface area contributed by atoms with Gasteiger partial charge in [0.05, 0.1) is 4.90 Å². The maximum atomic E-state index is 13.4. The highest BCUT2D eigenvalue weighted by Crippen LogP contribution is 2.54. The lowest BCUT2D eigenvalue weighted by Crippen LogP contribution is -2.47. The van der Waals surface area contributed by atoms with Gasteiger partial charge in [0.1, 0.15) is 16.7 Å². The number of rotatable bonds is 7. The van der Waals surface area contributed by atoms with Crippen LogP contribution >= 0.6 is 11.8 Å². The fourth-order valence-corrected chi connectivity index (χ4v) is 7.19. The summed E-state index contributed by atoms with van der Waals surface area (Å²) in [7, 11) is -0.885. The summed E-state index contributed by atoms with van der Waals surface area (Å²) in [6.45, 7) is 1.05. The summed E-state index contributed by atoms with van der Waals surface area (Å²) >= 11 is 1.42. The molecular formula is C24H26FN3O6S2. The lowest BCUT2D eigenvalue weighted by molar-refractivity contribution is -0.155. The second-order valence-corrected chi connectivity index (χ2v) is 12.2. The Morgan fingerprint density at radius 3 is 2.58 bits per heavy atom. The number of sulfonamides is 1. The van der Waals surface area contributed by atoms with Gasteiger partial charge in [-0.25, -0.2) is 21.9 Å². The Morgan fingerprint density at radius 1 is 1.22 bits per heavy atom. The Morgan fingerprint density at radius 2 is 1.92 bits per heavy atom. The van der Waals surface area contributed by atoms with Crippen LogP contribution in [0, 0.1) is 12.7 Å². The minimum absolute atomic E-state index is 0.0509. The van der Waals surface area contributed by atoms with Gasteiger partial charge in [-0.15, -0.1) is 11.8 Å². The highest BCUT2D eigenvalue weighted by atomic mass is 32.2. The first kappa shape index (κ1) is 26.1. The third-order valence-corrected chi connectivity index (χ3v) is 9.82. The van der Waals surface area contributed by atoms with Crippen molar-refractivity contribution in [2.24, 2.45) is 0 Å². The van der Waals surface area contributed by atoms with Crippen molar-refractivity contribution in [3.8, 4) is 0 Å². The largest absolute Gasteiger partial charge is 0.454 e. The summed E-state index contributed by atoms with van der Waals surface area (Å²) in [6.07, 6.45) is 0.734. The van der Waals surface area contributed by atoms with Crippen molar-refractivity contribution in [1.82, 2.24) is 9.21 Å². The van der Waals surface area contributed by atoms with Gasteiger partial charge in [-0.1, -0.05) is 18.2 Å². The number of carbonyl (C=O) groups excluding carboxylic acids is 3. The molecule has 2 saturated heterocycles. The average molecular weight is 536 g/mol. The van der Waals surface area contributed by atoms with Gasteiger partial charge >= 0.3 is 5.97 Å². The van der Waals surface area contributed by atoms with Gasteiger partial charge in [-0.2, -0.15) is 0 Å². The van der Waals surface area contributed by atoms with E-state index < -0.39 is 45.2 Å². The molecule has 0 spiro atoms. The van der Waals surface area contributed by atoms with Crippen LogP contribution in [0.3, 0.4) is 0 Å². The van der Waals surface area contributed by atoms with Crippen molar-refractivity contribution in [3.63, 3.8) is 0 Å². The number of fused-ring (bicyclic) bond motifs is 1. The Hall–Kier alpha value is -2.96. The number of benzene rings is 2. The molecule has 0 saturated carbocycles. The molecule has 0 aliphatic carbocycles. The molecule has 192 valence electrons. The third kappa shape index (κ3) is 4.72. The molecule has 2 atom stereocenters. The van der Waals surface area contributed by atoms with Crippen molar-refractivity contribution in [2.45, 2.75) is 35.6 Å². The van der Waals surface area contributed by atoms with E-state index in [1.54, 1.807) is 31.2 Å². The first-order valence-electron chi connectivity index (χ1n) is 11.2.